The number of aryl methyl sites for hydroxylation is 1. The molecule has 5 amide bonds. The molecule has 0 saturated carbocycles. The minimum atomic E-state index is -0.889. The van der Waals surface area contributed by atoms with Gasteiger partial charge in [0, 0.05) is 21.3 Å². The lowest BCUT2D eigenvalue weighted by Gasteiger charge is -2.26. The number of hydrogen-bond acceptors (Lipinski definition) is 5. The van der Waals surface area contributed by atoms with Crippen molar-refractivity contribution >= 4 is 64.4 Å². The summed E-state index contributed by atoms with van der Waals surface area (Å²) in [6.07, 6.45) is 1.26. The van der Waals surface area contributed by atoms with E-state index >= 15 is 0 Å². The van der Waals surface area contributed by atoms with Crippen LogP contribution in [0.4, 0.5) is 16.2 Å². The highest BCUT2D eigenvalue weighted by Crippen LogP contribution is 2.28. The highest BCUT2D eigenvalue weighted by molar-refractivity contribution is 6.39. The van der Waals surface area contributed by atoms with Crippen molar-refractivity contribution in [2.24, 2.45) is 0 Å². The lowest BCUT2D eigenvalue weighted by Crippen LogP contribution is -2.54. The van der Waals surface area contributed by atoms with Gasteiger partial charge in [-0.05, 0) is 67.6 Å². The molecule has 1 heterocycles. The first-order chi connectivity index (χ1) is 17.2. The zero-order valence-corrected chi connectivity index (χ0v) is 20.4. The summed E-state index contributed by atoms with van der Waals surface area (Å²) in [6.45, 7) is 1.61. The van der Waals surface area contributed by atoms with Gasteiger partial charge in [0.25, 0.3) is 17.7 Å². The number of carbonyl (C=O) groups excluding carboxylic acids is 4. The van der Waals surface area contributed by atoms with Crippen LogP contribution in [0.5, 0.6) is 5.75 Å². The first kappa shape index (κ1) is 25.0. The summed E-state index contributed by atoms with van der Waals surface area (Å²) < 4.78 is 5.65. The molecular formula is C26H19Cl2N3O5. The molecule has 0 aromatic heterocycles. The molecule has 4 rings (SSSR count). The van der Waals surface area contributed by atoms with E-state index in [2.05, 4.69) is 10.6 Å². The number of halogens is 2. The van der Waals surface area contributed by atoms with Gasteiger partial charge < -0.3 is 10.1 Å². The molecule has 0 spiro atoms. The minimum Gasteiger partial charge on any atom is -0.483 e. The van der Waals surface area contributed by atoms with Crippen LogP contribution in [0.2, 0.25) is 10.0 Å². The van der Waals surface area contributed by atoms with Crippen LogP contribution in [0.1, 0.15) is 11.1 Å². The molecular weight excluding hydrogens is 505 g/mol. The highest BCUT2D eigenvalue weighted by atomic mass is 35.5. The number of rotatable bonds is 6. The topological polar surface area (TPSA) is 105 Å². The average Bonchev–Trinajstić information content (AvgIpc) is 2.84. The smallest absolute Gasteiger partial charge is 0.335 e. The second-order valence-electron chi connectivity index (χ2n) is 7.82. The predicted molar refractivity (Wildman–Crippen MR) is 137 cm³/mol. The van der Waals surface area contributed by atoms with E-state index < -0.39 is 23.8 Å². The van der Waals surface area contributed by atoms with E-state index in [1.165, 1.54) is 42.5 Å². The summed E-state index contributed by atoms with van der Waals surface area (Å²) in [4.78, 5) is 51.2. The van der Waals surface area contributed by atoms with Gasteiger partial charge in [0.15, 0.2) is 6.61 Å². The standard InChI is InChI=1S/C26H19Cl2N3O5/c1-15-2-7-19(8-3-15)29-23(32)14-36-22-11-6-18(28)12-16(22)13-21-24(33)30-26(35)31(25(21)34)20-9-4-17(27)5-10-20/h2-13H,14H2,1H3,(H,29,32)(H,30,33,35)/b21-13+. The predicted octanol–water partition coefficient (Wildman–Crippen LogP) is 4.99. The van der Waals surface area contributed by atoms with Crippen molar-refractivity contribution in [3.8, 4) is 5.75 Å². The van der Waals surface area contributed by atoms with Gasteiger partial charge in [-0.3, -0.25) is 19.7 Å². The van der Waals surface area contributed by atoms with Gasteiger partial charge >= 0.3 is 6.03 Å². The Kier molecular flexibility index (Phi) is 7.38. The van der Waals surface area contributed by atoms with E-state index in [1.54, 1.807) is 18.2 Å². The third kappa shape index (κ3) is 5.73. The lowest BCUT2D eigenvalue weighted by atomic mass is 10.1. The van der Waals surface area contributed by atoms with E-state index in [0.29, 0.717) is 15.7 Å². The van der Waals surface area contributed by atoms with E-state index in [0.717, 1.165) is 10.5 Å². The fraction of sp³-hybridized carbons (Fsp3) is 0.0769. The number of benzene rings is 3. The fourth-order valence-electron chi connectivity index (χ4n) is 3.38. The number of urea groups is 1. The molecule has 8 nitrogen and oxygen atoms in total. The Morgan fingerprint density at radius 1 is 0.972 bits per heavy atom. The van der Waals surface area contributed by atoms with Crippen LogP contribution in [0, 0.1) is 6.92 Å². The van der Waals surface area contributed by atoms with Crippen molar-refractivity contribution in [2.75, 3.05) is 16.8 Å². The number of anilines is 2. The molecule has 1 aliphatic rings. The Morgan fingerprint density at radius 2 is 1.64 bits per heavy atom. The molecule has 3 aromatic rings. The number of hydrogen-bond donors (Lipinski definition) is 2. The summed E-state index contributed by atoms with van der Waals surface area (Å²) in [5.41, 5.74) is 1.86. The molecule has 3 aromatic carbocycles. The first-order valence-electron chi connectivity index (χ1n) is 10.7. The molecule has 10 heteroatoms. The summed E-state index contributed by atoms with van der Waals surface area (Å²) >= 11 is 12.0. The van der Waals surface area contributed by atoms with Crippen LogP contribution in [0.25, 0.3) is 6.08 Å². The van der Waals surface area contributed by atoms with Crippen molar-refractivity contribution in [2.45, 2.75) is 6.92 Å². The van der Waals surface area contributed by atoms with Crippen molar-refractivity contribution < 1.29 is 23.9 Å². The molecule has 1 saturated heterocycles. The molecule has 182 valence electrons. The van der Waals surface area contributed by atoms with Crippen LogP contribution in [-0.2, 0) is 14.4 Å². The van der Waals surface area contributed by atoms with E-state index in [1.807, 2.05) is 19.1 Å². The third-order valence-electron chi connectivity index (χ3n) is 5.15. The Balaban J connectivity index is 1.57. The van der Waals surface area contributed by atoms with Crippen molar-refractivity contribution in [1.29, 1.82) is 0 Å². The van der Waals surface area contributed by atoms with Gasteiger partial charge in [0.05, 0.1) is 5.69 Å². The maximum atomic E-state index is 13.1. The normalized spacial score (nSPS) is 14.6. The van der Waals surface area contributed by atoms with Crippen LogP contribution < -0.4 is 20.3 Å². The van der Waals surface area contributed by atoms with Gasteiger partial charge in [-0.15, -0.1) is 0 Å². The number of carbonyl (C=O) groups is 4. The molecule has 0 radical (unpaired) electrons. The third-order valence-corrected chi connectivity index (χ3v) is 5.64. The molecule has 1 fully saturated rings. The monoisotopic (exact) mass is 523 g/mol. The Hall–Kier alpha value is -4.14. The molecule has 36 heavy (non-hydrogen) atoms. The Labute approximate surface area is 216 Å². The lowest BCUT2D eigenvalue weighted by molar-refractivity contribution is -0.122. The Morgan fingerprint density at radius 3 is 2.33 bits per heavy atom. The van der Waals surface area contributed by atoms with Crippen LogP contribution in [-0.4, -0.2) is 30.4 Å². The van der Waals surface area contributed by atoms with Crippen LogP contribution in [0.15, 0.2) is 72.3 Å². The molecule has 0 bridgehead atoms. The van der Waals surface area contributed by atoms with E-state index in [4.69, 9.17) is 27.9 Å². The number of ether oxygens (including phenoxy) is 1. The quantitative estimate of drug-likeness (QED) is 0.350. The van der Waals surface area contributed by atoms with Crippen LogP contribution in [0.3, 0.4) is 0 Å². The summed E-state index contributed by atoms with van der Waals surface area (Å²) in [7, 11) is 0. The second kappa shape index (κ2) is 10.6. The molecule has 1 aliphatic heterocycles. The molecule has 0 atom stereocenters. The number of nitrogens with one attached hydrogen (secondary N) is 2. The minimum absolute atomic E-state index is 0.210. The van der Waals surface area contributed by atoms with Crippen molar-refractivity contribution in [3.05, 3.63) is 93.5 Å². The summed E-state index contributed by atoms with van der Waals surface area (Å²) in [5.74, 6) is -1.91. The van der Waals surface area contributed by atoms with Gasteiger partial charge in [-0.1, -0.05) is 40.9 Å². The maximum absolute atomic E-state index is 13.1. The highest BCUT2D eigenvalue weighted by Gasteiger charge is 2.37. The van der Waals surface area contributed by atoms with E-state index in [9.17, 15) is 19.2 Å². The summed E-state index contributed by atoms with van der Waals surface area (Å²) in [5, 5.41) is 5.60. The average molecular weight is 524 g/mol. The van der Waals surface area contributed by atoms with E-state index in [-0.39, 0.29) is 29.2 Å². The number of imide groups is 2. The maximum Gasteiger partial charge on any atom is 0.335 e. The number of barbiturate groups is 1. The van der Waals surface area contributed by atoms with Crippen LogP contribution >= 0.6 is 23.2 Å². The summed E-state index contributed by atoms with van der Waals surface area (Å²) in [6, 6.07) is 16.9. The zero-order valence-electron chi connectivity index (χ0n) is 18.9. The van der Waals surface area contributed by atoms with Crippen molar-refractivity contribution in [1.82, 2.24) is 5.32 Å². The number of nitrogens with zero attached hydrogens (tertiary/aromatic N) is 1. The Bertz CT molecular complexity index is 1390. The van der Waals surface area contributed by atoms with Gasteiger partial charge in [-0.25, -0.2) is 9.69 Å². The SMILES string of the molecule is Cc1ccc(NC(=O)COc2ccc(Cl)cc2/C=C2\C(=O)NC(=O)N(c3ccc(Cl)cc3)C2=O)cc1. The fourth-order valence-corrected chi connectivity index (χ4v) is 3.68. The zero-order chi connectivity index (χ0) is 25.8. The van der Waals surface area contributed by atoms with Gasteiger partial charge in [-0.2, -0.15) is 0 Å². The molecule has 0 unspecified atom stereocenters. The second-order valence-corrected chi connectivity index (χ2v) is 8.69. The first-order valence-corrected chi connectivity index (χ1v) is 11.4. The molecule has 0 aliphatic carbocycles. The number of amides is 5. The van der Waals surface area contributed by atoms with Gasteiger partial charge in [0.2, 0.25) is 0 Å². The molecule has 2 N–H and O–H groups in total. The largest absolute Gasteiger partial charge is 0.483 e. The van der Waals surface area contributed by atoms with Crippen molar-refractivity contribution in [3.63, 3.8) is 0 Å². The van der Waals surface area contributed by atoms with Gasteiger partial charge in [0.1, 0.15) is 11.3 Å².